The lowest BCUT2D eigenvalue weighted by Gasteiger charge is -2.08. The van der Waals surface area contributed by atoms with Crippen LogP contribution in [0.15, 0.2) is 12.2 Å². The molecule has 0 saturated carbocycles. The van der Waals surface area contributed by atoms with Gasteiger partial charge in [0.05, 0.1) is 17.7 Å². The summed E-state index contributed by atoms with van der Waals surface area (Å²) < 4.78 is 0. The minimum atomic E-state index is -0.512. The van der Waals surface area contributed by atoms with Gasteiger partial charge in [0.2, 0.25) is 0 Å². The molecular weight excluding hydrogens is 162 g/mol. The van der Waals surface area contributed by atoms with Crippen LogP contribution in [0.5, 0.6) is 0 Å². The van der Waals surface area contributed by atoms with Gasteiger partial charge in [0.25, 0.3) is 0 Å². The third kappa shape index (κ3) is 5.00. The number of hydrogen-bond acceptors (Lipinski definition) is 3. The molecule has 0 aromatic carbocycles. The minimum absolute atomic E-state index is 0.291. The maximum absolute atomic E-state index is 8.66. The van der Waals surface area contributed by atoms with E-state index in [0.717, 1.165) is 25.8 Å². The molecule has 0 rings (SSSR count). The zero-order valence-electron chi connectivity index (χ0n) is 8.01. The van der Waals surface area contributed by atoms with E-state index >= 15 is 0 Å². The van der Waals surface area contributed by atoms with Crippen molar-refractivity contribution in [3.63, 3.8) is 0 Å². The van der Waals surface area contributed by atoms with Gasteiger partial charge in [-0.1, -0.05) is 26.3 Å². The van der Waals surface area contributed by atoms with Gasteiger partial charge >= 0.3 is 0 Å². The summed E-state index contributed by atoms with van der Waals surface area (Å²) in [6.45, 7) is 6.39. The first kappa shape index (κ1) is 11.7. The van der Waals surface area contributed by atoms with Crippen molar-refractivity contribution in [1.29, 1.82) is 10.5 Å². The molecule has 1 N–H and O–H groups in total. The van der Waals surface area contributed by atoms with Crippen LogP contribution in [0.25, 0.3) is 0 Å². The molecule has 0 aliphatic rings. The van der Waals surface area contributed by atoms with E-state index in [2.05, 4.69) is 18.8 Å². The van der Waals surface area contributed by atoms with Crippen molar-refractivity contribution >= 4 is 0 Å². The van der Waals surface area contributed by atoms with E-state index < -0.39 is 6.04 Å². The highest BCUT2D eigenvalue weighted by Gasteiger charge is 2.08. The summed E-state index contributed by atoms with van der Waals surface area (Å²) in [5.41, 5.74) is 0.291. The number of unbranched alkanes of at least 4 members (excludes halogenated alkanes) is 2. The average molecular weight is 177 g/mol. The van der Waals surface area contributed by atoms with E-state index in [-0.39, 0.29) is 0 Å². The number of rotatable bonds is 6. The van der Waals surface area contributed by atoms with Crippen LogP contribution in [0.3, 0.4) is 0 Å². The number of nitriles is 2. The van der Waals surface area contributed by atoms with Gasteiger partial charge in [-0.2, -0.15) is 10.5 Å². The highest BCUT2D eigenvalue weighted by Crippen LogP contribution is 1.97. The van der Waals surface area contributed by atoms with Gasteiger partial charge in [-0.25, -0.2) is 0 Å². The topological polar surface area (TPSA) is 59.6 Å². The fraction of sp³-hybridized carbons (Fsp3) is 0.600. The fourth-order valence-electron chi connectivity index (χ4n) is 0.933. The normalized spacial score (nSPS) is 11.3. The molecule has 3 nitrogen and oxygen atoms in total. The Labute approximate surface area is 79.7 Å². The first-order valence-electron chi connectivity index (χ1n) is 4.48. The summed E-state index contributed by atoms with van der Waals surface area (Å²) in [6, 6.07) is 3.36. The predicted octanol–water partition coefficient (Wildman–Crippen LogP) is 1.74. The lowest BCUT2D eigenvalue weighted by atomic mass is 10.1. The molecule has 0 aromatic rings. The Hall–Kier alpha value is -1.32. The molecule has 0 heterocycles. The first-order valence-corrected chi connectivity index (χ1v) is 4.48. The van der Waals surface area contributed by atoms with Crippen LogP contribution in [0.2, 0.25) is 0 Å². The summed E-state index contributed by atoms with van der Waals surface area (Å²) in [6.07, 6.45) is 3.33. The number of nitrogens with zero attached hydrogens (tertiary/aromatic N) is 2. The van der Waals surface area contributed by atoms with Gasteiger partial charge in [0, 0.05) is 0 Å². The molecule has 0 aliphatic carbocycles. The second kappa shape index (κ2) is 7.34. The maximum atomic E-state index is 8.66. The Morgan fingerprint density at radius 1 is 1.46 bits per heavy atom. The van der Waals surface area contributed by atoms with Crippen LogP contribution < -0.4 is 5.32 Å². The summed E-state index contributed by atoms with van der Waals surface area (Å²) in [7, 11) is 0. The predicted molar refractivity (Wildman–Crippen MR) is 51.7 cm³/mol. The third-order valence-corrected chi connectivity index (χ3v) is 1.75. The molecule has 0 spiro atoms. The Balaban J connectivity index is 3.70. The summed E-state index contributed by atoms with van der Waals surface area (Å²) in [4.78, 5) is 0. The van der Waals surface area contributed by atoms with E-state index in [1.54, 1.807) is 0 Å². The maximum Gasteiger partial charge on any atom is 0.130 e. The van der Waals surface area contributed by atoms with Crippen molar-refractivity contribution in [2.24, 2.45) is 0 Å². The molecule has 1 atom stereocenters. The quantitative estimate of drug-likeness (QED) is 0.496. The van der Waals surface area contributed by atoms with Crippen LogP contribution in [0.1, 0.15) is 26.2 Å². The van der Waals surface area contributed by atoms with Crippen molar-refractivity contribution in [1.82, 2.24) is 5.32 Å². The van der Waals surface area contributed by atoms with Crippen molar-refractivity contribution in [3.05, 3.63) is 12.2 Å². The van der Waals surface area contributed by atoms with E-state index in [1.807, 2.05) is 12.1 Å². The van der Waals surface area contributed by atoms with Crippen molar-refractivity contribution in [2.75, 3.05) is 6.54 Å². The SMILES string of the molecule is C=C(C#N)C(C#N)NCCCCC. The van der Waals surface area contributed by atoms with Crippen molar-refractivity contribution in [3.8, 4) is 12.1 Å². The van der Waals surface area contributed by atoms with Crippen LogP contribution in [0.4, 0.5) is 0 Å². The van der Waals surface area contributed by atoms with E-state index in [4.69, 9.17) is 10.5 Å². The van der Waals surface area contributed by atoms with Crippen LogP contribution >= 0.6 is 0 Å². The molecule has 0 fully saturated rings. The van der Waals surface area contributed by atoms with Gasteiger partial charge in [-0.15, -0.1) is 0 Å². The van der Waals surface area contributed by atoms with Gasteiger partial charge < -0.3 is 0 Å². The Kier molecular flexibility index (Phi) is 6.59. The van der Waals surface area contributed by atoms with E-state index in [9.17, 15) is 0 Å². The van der Waals surface area contributed by atoms with Gasteiger partial charge in [-0.3, -0.25) is 5.32 Å². The smallest absolute Gasteiger partial charge is 0.130 e. The largest absolute Gasteiger partial charge is 0.298 e. The highest BCUT2D eigenvalue weighted by molar-refractivity contribution is 5.28. The van der Waals surface area contributed by atoms with Gasteiger partial charge in [-0.05, 0) is 13.0 Å². The number of nitrogens with one attached hydrogen (secondary N) is 1. The second-order valence-corrected chi connectivity index (χ2v) is 2.86. The molecule has 0 saturated heterocycles. The standard InChI is InChI=1S/C10H15N3/c1-3-4-5-6-13-10(8-12)9(2)7-11/h10,13H,2-6H2,1H3. The molecular formula is C10H15N3. The Morgan fingerprint density at radius 2 is 2.15 bits per heavy atom. The lowest BCUT2D eigenvalue weighted by Crippen LogP contribution is -2.29. The zero-order chi connectivity index (χ0) is 10.1. The third-order valence-electron chi connectivity index (χ3n) is 1.75. The number of hydrogen-bond donors (Lipinski definition) is 1. The Morgan fingerprint density at radius 3 is 2.62 bits per heavy atom. The van der Waals surface area contributed by atoms with Gasteiger partial charge in [0.1, 0.15) is 6.04 Å². The lowest BCUT2D eigenvalue weighted by molar-refractivity contribution is 0.606. The van der Waals surface area contributed by atoms with Crippen molar-refractivity contribution in [2.45, 2.75) is 32.2 Å². The first-order chi connectivity index (χ1) is 6.26. The molecule has 1 unspecified atom stereocenters. The molecule has 0 amide bonds. The summed E-state index contributed by atoms with van der Waals surface area (Å²) in [5, 5.41) is 20.1. The monoisotopic (exact) mass is 177 g/mol. The molecule has 13 heavy (non-hydrogen) atoms. The minimum Gasteiger partial charge on any atom is -0.298 e. The second-order valence-electron chi connectivity index (χ2n) is 2.86. The van der Waals surface area contributed by atoms with E-state index in [0.29, 0.717) is 5.57 Å². The van der Waals surface area contributed by atoms with E-state index in [1.165, 1.54) is 0 Å². The molecule has 0 aromatic heterocycles. The van der Waals surface area contributed by atoms with Crippen LogP contribution in [0, 0.1) is 22.7 Å². The highest BCUT2D eigenvalue weighted by atomic mass is 14.9. The summed E-state index contributed by atoms with van der Waals surface area (Å²) in [5.74, 6) is 0. The molecule has 70 valence electrons. The zero-order valence-corrected chi connectivity index (χ0v) is 8.01. The fourth-order valence-corrected chi connectivity index (χ4v) is 0.933. The summed E-state index contributed by atoms with van der Waals surface area (Å²) >= 11 is 0. The van der Waals surface area contributed by atoms with Crippen LogP contribution in [-0.4, -0.2) is 12.6 Å². The van der Waals surface area contributed by atoms with Crippen LogP contribution in [-0.2, 0) is 0 Å². The Bertz CT molecular complexity index is 232. The van der Waals surface area contributed by atoms with Gasteiger partial charge in [0.15, 0.2) is 0 Å². The average Bonchev–Trinajstić information content (AvgIpc) is 2.17. The molecule has 0 radical (unpaired) electrons. The molecule has 0 bridgehead atoms. The molecule has 0 aliphatic heterocycles. The molecule has 3 heteroatoms. The van der Waals surface area contributed by atoms with Crippen molar-refractivity contribution < 1.29 is 0 Å².